The van der Waals surface area contributed by atoms with Crippen molar-refractivity contribution in [1.29, 1.82) is 0 Å². The van der Waals surface area contributed by atoms with Gasteiger partial charge < -0.3 is 9.47 Å². The number of aryl methyl sites for hydroxylation is 2. The molecule has 0 amide bonds. The van der Waals surface area contributed by atoms with Crippen LogP contribution in [0.2, 0.25) is 0 Å². The molecule has 0 fully saturated rings. The van der Waals surface area contributed by atoms with E-state index in [0.29, 0.717) is 22.6 Å². The zero-order valence-corrected chi connectivity index (χ0v) is 14.8. The monoisotopic (exact) mass is 345 g/mol. The number of rotatable bonds is 6. The van der Waals surface area contributed by atoms with Gasteiger partial charge >= 0.3 is 18.8 Å². The number of carbonyl (C=O) groups excluding carboxylic acids is 2. The van der Waals surface area contributed by atoms with Crippen LogP contribution >= 0.6 is 7.80 Å². The van der Waals surface area contributed by atoms with Crippen molar-refractivity contribution in [3.8, 4) is 11.5 Å². The molecule has 2 aromatic rings. The van der Waals surface area contributed by atoms with Crippen molar-refractivity contribution < 1.29 is 23.6 Å². The van der Waals surface area contributed by atoms with Gasteiger partial charge in [-0.15, -0.1) is 0 Å². The van der Waals surface area contributed by atoms with Crippen LogP contribution in [-0.4, -0.2) is 25.3 Å². The van der Waals surface area contributed by atoms with Crippen molar-refractivity contribution in [2.45, 2.75) is 13.8 Å². The van der Waals surface area contributed by atoms with E-state index < -0.39 is 18.8 Å². The third kappa shape index (κ3) is 3.22. The molecule has 0 saturated heterocycles. The third-order valence-electron chi connectivity index (χ3n) is 3.71. The first-order valence-corrected chi connectivity index (χ1v) is 8.51. The van der Waals surface area contributed by atoms with Crippen LogP contribution in [0.15, 0.2) is 36.4 Å². The molecule has 0 spiro atoms. The highest BCUT2D eigenvalue weighted by atomic mass is 31.1. The summed E-state index contributed by atoms with van der Waals surface area (Å²) in [7, 11) is 0.0233. The van der Waals surface area contributed by atoms with Gasteiger partial charge in [-0.25, -0.2) is 9.59 Å². The molecule has 6 heteroatoms. The van der Waals surface area contributed by atoms with E-state index in [1.165, 1.54) is 14.2 Å². The number of methoxy groups -OCH3 is 2. The van der Waals surface area contributed by atoms with Crippen LogP contribution in [0.5, 0.6) is 11.5 Å². The fraction of sp³-hybridized carbons (Fsp3) is 0.222. The highest BCUT2D eigenvalue weighted by Crippen LogP contribution is 2.39. The van der Waals surface area contributed by atoms with Gasteiger partial charge in [0, 0.05) is 0 Å². The topological polar surface area (TPSA) is 69.7 Å². The SMILES string of the molecule is COc1cccc(C)c1C(=O)[P+](=O)C(=O)c1c(C)cccc1OC. The predicted octanol–water partition coefficient (Wildman–Crippen LogP) is 4.13. The summed E-state index contributed by atoms with van der Waals surface area (Å²) in [5, 5.41) is 0. The van der Waals surface area contributed by atoms with Gasteiger partial charge in [0.15, 0.2) is 0 Å². The molecule has 0 radical (unpaired) electrons. The quantitative estimate of drug-likeness (QED) is 0.736. The summed E-state index contributed by atoms with van der Waals surface area (Å²) in [5.41, 5.74) is 0.0639. The zero-order valence-electron chi connectivity index (χ0n) is 14.0. The maximum absolute atomic E-state index is 12.6. The van der Waals surface area contributed by atoms with Gasteiger partial charge in [-0.3, -0.25) is 0 Å². The summed E-state index contributed by atoms with van der Waals surface area (Å²) in [5.74, 6) is 0.598. The minimum Gasteiger partial charge on any atom is -0.496 e. The minimum absolute atomic E-state index is 0.169. The van der Waals surface area contributed by atoms with Crippen molar-refractivity contribution in [1.82, 2.24) is 0 Å². The lowest BCUT2D eigenvalue weighted by atomic mass is 10.1. The van der Waals surface area contributed by atoms with Crippen molar-refractivity contribution in [2.75, 3.05) is 14.2 Å². The molecular weight excluding hydrogens is 327 g/mol. The lowest BCUT2D eigenvalue weighted by molar-refractivity contribution is 0.104. The van der Waals surface area contributed by atoms with E-state index in [0.717, 1.165) is 0 Å². The Morgan fingerprint density at radius 2 is 1.17 bits per heavy atom. The van der Waals surface area contributed by atoms with Crippen LogP contribution in [-0.2, 0) is 4.57 Å². The number of hydrogen-bond donors (Lipinski definition) is 0. The van der Waals surface area contributed by atoms with E-state index in [-0.39, 0.29) is 11.1 Å². The second-order valence-corrected chi connectivity index (χ2v) is 6.61. The molecule has 0 aliphatic rings. The zero-order chi connectivity index (χ0) is 17.9. The molecule has 0 heterocycles. The Bertz CT molecular complexity index is 759. The minimum atomic E-state index is -2.82. The van der Waals surface area contributed by atoms with Gasteiger partial charge in [0.2, 0.25) is 0 Å². The van der Waals surface area contributed by atoms with Crippen LogP contribution in [0.1, 0.15) is 31.8 Å². The van der Waals surface area contributed by atoms with Gasteiger partial charge in [-0.2, -0.15) is 0 Å². The van der Waals surface area contributed by atoms with Crippen molar-refractivity contribution >= 4 is 18.8 Å². The second-order valence-electron chi connectivity index (χ2n) is 5.21. The normalized spacial score (nSPS) is 10.2. The van der Waals surface area contributed by atoms with E-state index in [1.807, 2.05) is 0 Å². The van der Waals surface area contributed by atoms with Crippen LogP contribution in [0, 0.1) is 13.8 Å². The predicted molar refractivity (Wildman–Crippen MR) is 91.7 cm³/mol. The standard InChI is InChI=1S/C18H18O5P/c1-11-7-5-9-13(22-3)15(11)17(19)24(21)18(20)16-12(2)8-6-10-14(16)23-4/h5-10H,1-4H3/q+1. The molecule has 0 saturated carbocycles. The third-order valence-corrected chi connectivity index (χ3v) is 4.89. The molecule has 0 aromatic heterocycles. The molecular formula is C18H18O5P+. The summed E-state index contributed by atoms with van der Waals surface area (Å²) in [6.45, 7) is 3.41. The Hall–Kier alpha value is -2.52. The Labute approximate surface area is 141 Å². The Morgan fingerprint density at radius 3 is 1.50 bits per heavy atom. The Morgan fingerprint density at radius 1 is 0.792 bits per heavy atom. The average molecular weight is 345 g/mol. The molecule has 0 unspecified atom stereocenters. The van der Waals surface area contributed by atoms with E-state index in [9.17, 15) is 14.2 Å². The fourth-order valence-corrected chi connectivity index (χ4v) is 3.63. The molecule has 0 bridgehead atoms. The van der Waals surface area contributed by atoms with E-state index >= 15 is 0 Å². The van der Waals surface area contributed by atoms with Gasteiger partial charge in [-0.1, -0.05) is 28.8 Å². The van der Waals surface area contributed by atoms with Crippen LogP contribution in [0.4, 0.5) is 0 Å². The summed E-state index contributed by atoms with van der Waals surface area (Å²) < 4.78 is 23.0. The molecule has 124 valence electrons. The maximum Gasteiger partial charge on any atom is 0.502 e. The van der Waals surface area contributed by atoms with Crippen LogP contribution < -0.4 is 9.47 Å². The largest absolute Gasteiger partial charge is 0.502 e. The molecule has 2 rings (SSSR count). The maximum atomic E-state index is 12.6. The van der Waals surface area contributed by atoms with Crippen LogP contribution in [0.25, 0.3) is 0 Å². The molecule has 0 atom stereocenters. The molecule has 24 heavy (non-hydrogen) atoms. The van der Waals surface area contributed by atoms with Gasteiger partial charge in [0.25, 0.3) is 0 Å². The van der Waals surface area contributed by atoms with Crippen LogP contribution in [0.3, 0.4) is 0 Å². The summed E-state index contributed by atoms with van der Waals surface area (Å²) in [4.78, 5) is 25.3. The van der Waals surface area contributed by atoms with E-state index in [1.54, 1.807) is 50.2 Å². The molecule has 0 N–H and O–H groups in total. The van der Waals surface area contributed by atoms with Gasteiger partial charge in [0.05, 0.1) is 14.2 Å². The lowest BCUT2D eigenvalue weighted by Gasteiger charge is -2.07. The molecule has 5 nitrogen and oxygen atoms in total. The lowest BCUT2D eigenvalue weighted by Crippen LogP contribution is -2.08. The summed E-state index contributed by atoms with van der Waals surface area (Å²) in [6.07, 6.45) is 0. The number of hydrogen-bond acceptors (Lipinski definition) is 5. The molecule has 0 aliphatic carbocycles. The van der Waals surface area contributed by atoms with E-state index in [2.05, 4.69) is 0 Å². The highest BCUT2D eigenvalue weighted by Gasteiger charge is 2.44. The second kappa shape index (κ2) is 7.37. The van der Waals surface area contributed by atoms with E-state index in [4.69, 9.17) is 9.47 Å². The first-order valence-electron chi connectivity index (χ1n) is 7.25. The number of benzene rings is 2. The Balaban J connectivity index is 2.47. The molecule has 2 aromatic carbocycles. The van der Waals surface area contributed by atoms with Gasteiger partial charge in [0.1, 0.15) is 22.6 Å². The summed E-state index contributed by atoms with van der Waals surface area (Å²) in [6, 6.07) is 10.1. The first kappa shape index (κ1) is 17.8. The first-order chi connectivity index (χ1) is 11.4. The summed E-state index contributed by atoms with van der Waals surface area (Å²) >= 11 is 0. The fourth-order valence-electron chi connectivity index (χ4n) is 2.47. The number of ether oxygens (including phenoxy) is 2. The highest BCUT2D eigenvalue weighted by molar-refractivity contribution is 7.80. The number of carbonyl (C=O) groups is 2. The van der Waals surface area contributed by atoms with Gasteiger partial charge in [-0.05, 0) is 37.1 Å². The Kier molecular flexibility index (Phi) is 5.47. The van der Waals surface area contributed by atoms with Crippen molar-refractivity contribution in [3.63, 3.8) is 0 Å². The average Bonchev–Trinajstić information content (AvgIpc) is 2.59. The molecule has 0 aliphatic heterocycles. The van der Waals surface area contributed by atoms with Crippen molar-refractivity contribution in [2.24, 2.45) is 0 Å². The van der Waals surface area contributed by atoms with Crippen molar-refractivity contribution in [3.05, 3.63) is 58.7 Å². The smallest absolute Gasteiger partial charge is 0.496 e.